The molecule has 0 bridgehead atoms. The van der Waals surface area contributed by atoms with Gasteiger partial charge in [-0.15, -0.1) is 0 Å². The number of benzene rings is 2. The number of nitrogens with one attached hydrogen (secondary N) is 1. The first-order chi connectivity index (χ1) is 13.0. The predicted octanol–water partition coefficient (Wildman–Crippen LogP) is 3.24. The molecule has 0 fully saturated rings. The van der Waals surface area contributed by atoms with Crippen LogP contribution in [0.5, 0.6) is 5.75 Å². The Morgan fingerprint density at radius 2 is 2.15 bits per heavy atom. The molecule has 27 heavy (non-hydrogen) atoms. The number of hydrogen-bond donors (Lipinski definition) is 1. The second kappa shape index (κ2) is 7.83. The number of carbonyl (C=O) groups excluding carboxylic acids is 1. The molecule has 0 radical (unpaired) electrons. The first-order valence-electron chi connectivity index (χ1n) is 7.67. The van der Waals surface area contributed by atoms with Crippen LogP contribution >= 0.6 is 11.6 Å². The van der Waals surface area contributed by atoms with Crippen LogP contribution in [-0.4, -0.2) is 28.1 Å². The number of methoxy groups -OCH3 is 1. The number of nitro benzene ring substituents is 1. The van der Waals surface area contributed by atoms with E-state index in [-0.39, 0.29) is 28.7 Å². The van der Waals surface area contributed by atoms with Crippen molar-refractivity contribution < 1.29 is 19.0 Å². The Labute approximate surface area is 158 Å². The van der Waals surface area contributed by atoms with Gasteiger partial charge in [0.25, 0.3) is 11.6 Å². The average Bonchev–Trinajstić information content (AvgIpc) is 3.15. The van der Waals surface area contributed by atoms with Crippen molar-refractivity contribution in [3.63, 3.8) is 0 Å². The first kappa shape index (κ1) is 18.3. The zero-order chi connectivity index (χ0) is 19.4. The van der Waals surface area contributed by atoms with E-state index in [0.29, 0.717) is 17.1 Å². The van der Waals surface area contributed by atoms with Gasteiger partial charge in [0.05, 0.1) is 18.6 Å². The van der Waals surface area contributed by atoms with Gasteiger partial charge in [0.1, 0.15) is 10.8 Å². The summed E-state index contributed by atoms with van der Waals surface area (Å²) in [6, 6.07) is 10.9. The highest BCUT2D eigenvalue weighted by Crippen LogP contribution is 2.25. The largest absolute Gasteiger partial charge is 0.497 e. The molecule has 9 nitrogen and oxygen atoms in total. The molecular weight excluding hydrogens is 376 g/mol. The summed E-state index contributed by atoms with van der Waals surface area (Å²) in [4.78, 5) is 26.6. The summed E-state index contributed by atoms with van der Waals surface area (Å²) in [6.45, 7) is -0.0355. The molecule has 0 spiro atoms. The molecule has 0 saturated heterocycles. The lowest BCUT2D eigenvalue weighted by atomic mass is 10.2. The lowest BCUT2D eigenvalue weighted by Gasteiger charge is -2.03. The number of nitrogens with zero attached hydrogens (tertiary/aromatic N) is 3. The molecule has 1 aromatic heterocycles. The maximum absolute atomic E-state index is 12.2. The third kappa shape index (κ3) is 4.21. The quantitative estimate of drug-likeness (QED) is 0.508. The molecule has 0 saturated carbocycles. The van der Waals surface area contributed by atoms with E-state index in [2.05, 4.69) is 15.5 Å². The number of nitro groups is 1. The maximum atomic E-state index is 12.2. The molecular formula is C17H13ClN4O5. The fourth-order valence-corrected chi connectivity index (χ4v) is 2.44. The van der Waals surface area contributed by atoms with Gasteiger partial charge in [-0.3, -0.25) is 14.9 Å². The Bertz CT molecular complexity index is 1000. The molecule has 10 heteroatoms. The molecule has 3 rings (SSSR count). The van der Waals surface area contributed by atoms with Crippen LogP contribution < -0.4 is 10.1 Å². The SMILES string of the molecule is COc1cccc(-c2noc(CNC(=O)c3ccc(Cl)c([N+](=O)[O-])c3)n2)c1. The number of hydrogen-bond acceptors (Lipinski definition) is 7. The van der Waals surface area contributed by atoms with Crippen LogP contribution in [0.1, 0.15) is 16.2 Å². The van der Waals surface area contributed by atoms with Gasteiger partial charge in [-0.25, -0.2) is 0 Å². The Balaban J connectivity index is 1.69. The van der Waals surface area contributed by atoms with Crippen molar-refractivity contribution in [2.45, 2.75) is 6.54 Å². The number of rotatable bonds is 6. The maximum Gasteiger partial charge on any atom is 0.288 e. The zero-order valence-corrected chi connectivity index (χ0v) is 14.8. The van der Waals surface area contributed by atoms with Crippen LogP contribution in [0.3, 0.4) is 0 Å². The number of carbonyl (C=O) groups is 1. The molecule has 0 aliphatic rings. The van der Waals surface area contributed by atoms with E-state index in [1.54, 1.807) is 31.4 Å². The molecule has 1 N–H and O–H groups in total. The molecule has 1 amide bonds. The van der Waals surface area contributed by atoms with Gasteiger partial charge in [-0.1, -0.05) is 28.9 Å². The second-order valence-corrected chi connectivity index (χ2v) is 5.76. The van der Waals surface area contributed by atoms with Gasteiger partial charge in [0.2, 0.25) is 11.7 Å². The van der Waals surface area contributed by atoms with Gasteiger partial charge in [0, 0.05) is 17.2 Å². The highest BCUT2D eigenvalue weighted by Gasteiger charge is 2.17. The monoisotopic (exact) mass is 388 g/mol. The van der Waals surface area contributed by atoms with Crippen molar-refractivity contribution in [2.24, 2.45) is 0 Å². The molecule has 138 valence electrons. The molecule has 2 aromatic carbocycles. The van der Waals surface area contributed by atoms with Crippen molar-refractivity contribution in [2.75, 3.05) is 7.11 Å². The van der Waals surface area contributed by atoms with Gasteiger partial charge in [0.15, 0.2) is 0 Å². The number of halogens is 1. The Morgan fingerprint density at radius 3 is 2.89 bits per heavy atom. The van der Waals surface area contributed by atoms with Crippen LogP contribution in [0.2, 0.25) is 5.02 Å². The van der Waals surface area contributed by atoms with E-state index in [0.717, 1.165) is 6.07 Å². The van der Waals surface area contributed by atoms with Gasteiger partial charge in [-0.2, -0.15) is 4.98 Å². The number of ether oxygens (including phenoxy) is 1. The van der Waals surface area contributed by atoms with E-state index < -0.39 is 10.8 Å². The minimum Gasteiger partial charge on any atom is -0.497 e. The Hall–Kier alpha value is -3.46. The third-order valence-electron chi connectivity index (χ3n) is 3.60. The van der Waals surface area contributed by atoms with E-state index in [9.17, 15) is 14.9 Å². The summed E-state index contributed by atoms with van der Waals surface area (Å²) < 4.78 is 10.3. The standard InChI is InChI=1S/C17H13ClN4O5/c1-26-12-4-2-3-10(7-12)16-20-15(27-21-16)9-19-17(23)11-5-6-13(18)14(8-11)22(24)25/h2-8H,9H2,1H3,(H,19,23). The predicted molar refractivity (Wildman–Crippen MR) is 95.6 cm³/mol. The van der Waals surface area contributed by atoms with Crippen LogP contribution in [0.25, 0.3) is 11.4 Å². The van der Waals surface area contributed by atoms with Gasteiger partial charge >= 0.3 is 0 Å². The van der Waals surface area contributed by atoms with Crippen molar-refractivity contribution in [3.8, 4) is 17.1 Å². The molecule has 3 aromatic rings. The molecule has 0 aliphatic heterocycles. The second-order valence-electron chi connectivity index (χ2n) is 5.35. The third-order valence-corrected chi connectivity index (χ3v) is 3.92. The highest BCUT2D eigenvalue weighted by molar-refractivity contribution is 6.32. The fourth-order valence-electron chi connectivity index (χ4n) is 2.26. The first-order valence-corrected chi connectivity index (χ1v) is 8.05. The minimum atomic E-state index is -0.655. The van der Waals surface area contributed by atoms with Crippen molar-refractivity contribution in [1.29, 1.82) is 0 Å². The number of aromatic nitrogens is 2. The summed E-state index contributed by atoms with van der Waals surface area (Å²) in [5.41, 5.74) is 0.449. The normalized spacial score (nSPS) is 10.4. The molecule has 0 atom stereocenters. The molecule has 0 unspecified atom stereocenters. The van der Waals surface area contributed by atoms with E-state index >= 15 is 0 Å². The van der Waals surface area contributed by atoms with E-state index in [1.807, 2.05) is 0 Å². The topological polar surface area (TPSA) is 120 Å². The van der Waals surface area contributed by atoms with Crippen LogP contribution in [0, 0.1) is 10.1 Å². The molecule has 1 heterocycles. The summed E-state index contributed by atoms with van der Waals surface area (Å²) in [5, 5.41) is 17.3. The van der Waals surface area contributed by atoms with E-state index in [4.69, 9.17) is 20.9 Å². The fraction of sp³-hybridized carbons (Fsp3) is 0.118. The highest BCUT2D eigenvalue weighted by atomic mass is 35.5. The summed E-state index contributed by atoms with van der Waals surface area (Å²) in [7, 11) is 1.55. The van der Waals surface area contributed by atoms with Crippen LogP contribution in [0.15, 0.2) is 47.0 Å². The van der Waals surface area contributed by atoms with E-state index in [1.165, 1.54) is 12.1 Å². The summed E-state index contributed by atoms with van der Waals surface area (Å²) >= 11 is 5.74. The van der Waals surface area contributed by atoms with Crippen LogP contribution in [-0.2, 0) is 6.54 Å². The average molecular weight is 389 g/mol. The zero-order valence-electron chi connectivity index (χ0n) is 14.0. The molecule has 0 aliphatic carbocycles. The van der Waals surface area contributed by atoms with Gasteiger partial charge < -0.3 is 14.6 Å². The lowest BCUT2D eigenvalue weighted by Crippen LogP contribution is -2.23. The smallest absolute Gasteiger partial charge is 0.288 e. The Kier molecular flexibility index (Phi) is 5.32. The Morgan fingerprint density at radius 1 is 1.33 bits per heavy atom. The van der Waals surface area contributed by atoms with Crippen molar-refractivity contribution >= 4 is 23.2 Å². The minimum absolute atomic E-state index is 0.0355. The van der Waals surface area contributed by atoms with Crippen LogP contribution in [0.4, 0.5) is 5.69 Å². The summed E-state index contributed by atoms with van der Waals surface area (Å²) in [5.74, 6) is 0.650. The van der Waals surface area contributed by atoms with Gasteiger partial charge in [-0.05, 0) is 24.3 Å². The number of amides is 1. The lowest BCUT2D eigenvalue weighted by molar-refractivity contribution is -0.384. The summed E-state index contributed by atoms with van der Waals surface area (Å²) in [6.07, 6.45) is 0. The van der Waals surface area contributed by atoms with Crippen molar-refractivity contribution in [1.82, 2.24) is 15.5 Å². The van der Waals surface area contributed by atoms with Crippen molar-refractivity contribution in [3.05, 3.63) is 69.1 Å².